The van der Waals surface area contributed by atoms with Gasteiger partial charge in [-0.05, 0) is 30.7 Å². The van der Waals surface area contributed by atoms with E-state index in [0.29, 0.717) is 16.9 Å². The highest BCUT2D eigenvalue weighted by Gasteiger charge is 2.21. The summed E-state index contributed by atoms with van der Waals surface area (Å²) in [6, 6.07) is 3.21. The van der Waals surface area contributed by atoms with E-state index in [9.17, 15) is 10.1 Å². The van der Waals surface area contributed by atoms with Crippen molar-refractivity contribution in [3.63, 3.8) is 0 Å². The second kappa shape index (κ2) is 5.49. The Balaban J connectivity index is 2.16. The molecule has 8 nitrogen and oxygen atoms in total. The molecule has 0 bridgehead atoms. The number of nitrogens with one attached hydrogen (secondary N) is 1. The van der Waals surface area contributed by atoms with Crippen LogP contribution in [0.5, 0.6) is 0 Å². The van der Waals surface area contributed by atoms with Crippen molar-refractivity contribution >= 4 is 39.8 Å². The van der Waals surface area contributed by atoms with Crippen LogP contribution in [0.4, 0.5) is 17.2 Å². The van der Waals surface area contributed by atoms with Crippen LogP contribution in [-0.4, -0.2) is 24.9 Å². The molecule has 0 saturated carbocycles. The second-order valence-electron chi connectivity index (χ2n) is 4.44. The first-order chi connectivity index (χ1) is 10.6. The first-order valence-electron chi connectivity index (χ1n) is 6.20. The summed E-state index contributed by atoms with van der Waals surface area (Å²) in [6.07, 6.45) is 4.42. The quantitative estimate of drug-likeness (QED) is 0.449. The summed E-state index contributed by atoms with van der Waals surface area (Å²) in [7, 11) is 0. The Morgan fingerprint density at radius 3 is 2.77 bits per heavy atom. The third-order valence-electron chi connectivity index (χ3n) is 2.99. The number of benzene rings is 1. The first kappa shape index (κ1) is 14.1. The molecule has 0 aliphatic rings. The Morgan fingerprint density at radius 1 is 1.23 bits per heavy atom. The predicted octanol–water partition coefficient (Wildman–Crippen LogP) is 3.03. The number of aromatic nitrogens is 4. The highest BCUT2D eigenvalue weighted by atomic mass is 35.5. The fraction of sp³-hybridized carbons (Fsp3) is 0.0769. The summed E-state index contributed by atoms with van der Waals surface area (Å²) in [5, 5.41) is 14.4. The lowest BCUT2D eigenvalue weighted by Gasteiger charge is -2.09. The van der Waals surface area contributed by atoms with E-state index in [4.69, 9.17) is 11.6 Å². The standard InChI is InChI=1S/C13H9ClN6O2/c1-7-6-17-13(14)19-12(7)18-9-3-2-8-10(11(9)20(21)22)16-5-4-15-8/h2-6H,1H3,(H,17,18,19). The number of anilines is 2. The highest BCUT2D eigenvalue weighted by Crippen LogP contribution is 2.33. The Morgan fingerprint density at radius 2 is 2.00 bits per heavy atom. The van der Waals surface area contributed by atoms with Gasteiger partial charge in [0.05, 0.1) is 10.4 Å². The van der Waals surface area contributed by atoms with Crippen molar-refractivity contribution in [2.45, 2.75) is 6.92 Å². The number of nitro benzene ring substituents is 1. The molecule has 110 valence electrons. The second-order valence-corrected chi connectivity index (χ2v) is 4.78. The van der Waals surface area contributed by atoms with Gasteiger partial charge in [-0.2, -0.15) is 0 Å². The molecule has 0 spiro atoms. The van der Waals surface area contributed by atoms with Gasteiger partial charge < -0.3 is 5.32 Å². The van der Waals surface area contributed by atoms with Crippen LogP contribution in [0.2, 0.25) is 5.28 Å². The molecular weight excluding hydrogens is 308 g/mol. The van der Waals surface area contributed by atoms with Crippen LogP contribution in [0.1, 0.15) is 5.56 Å². The molecule has 0 aliphatic heterocycles. The highest BCUT2D eigenvalue weighted by molar-refractivity contribution is 6.28. The predicted molar refractivity (Wildman–Crippen MR) is 81.3 cm³/mol. The fourth-order valence-corrected chi connectivity index (χ4v) is 2.12. The van der Waals surface area contributed by atoms with Crippen LogP contribution in [-0.2, 0) is 0 Å². The molecule has 0 amide bonds. The van der Waals surface area contributed by atoms with Gasteiger partial charge in [-0.3, -0.25) is 15.1 Å². The van der Waals surface area contributed by atoms with Gasteiger partial charge in [0, 0.05) is 24.2 Å². The van der Waals surface area contributed by atoms with E-state index < -0.39 is 4.92 Å². The third-order valence-corrected chi connectivity index (χ3v) is 3.17. The van der Waals surface area contributed by atoms with Gasteiger partial charge in [0.25, 0.3) is 0 Å². The number of hydrogen-bond donors (Lipinski definition) is 1. The molecule has 2 aromatic heterocycles. The summed E-state index contributed by atoms with van der Waals surface area (Å²) in [5.74, 6) is 0.395. The monoisotopic (exact) mass is 316 g/mol. The molecule has 1 aromatic carbocycles. The Hall–Kier alpha value is -2.87. The average molecular weight is 317 g/mol. The third kappa shape index (κ3) is 2.51. The number of hydrogen-bond acceptors (Lipinski definition) is 7. The molecule has 22 heavy (non-hydrogen) atoms. The largest absolute Gasteiger partial charge is 0.334 e. The number of rotatable bonds is 3. The molecule has 1 N–H and O–H groups in total. The molecule has 0 aliphatic carbocycles. The maximum atomic E-state index is 11.4. The summed E-state index contributed by atoms with van der Waals surface area (Å²) in [4.78, 5) is 26.9. The molecule has 3 aromatic rings. The maximum Gasteiger partial charge on any atom is 0.320 e. The molecule has 0 unspecified atom stereocenters. The van der Waals surface area contributed by atoms with Gasteiger partial charge in [-0.1, -0.05) is 0 Å². The van der Waals surface area contributed by atoms with Crippen molar-refractivity contribution in [1.82, 2.24) is 19.9 Å². The van der Waals surface area contributed by atoms with Gasteiger partial charge in [-0.25, -0.2) is 15.0 Å². The van der Waals surface area contributed by atoms with Gasteiger partial charge in [0.1, 0.15) is 11.5 Å². The minimum Gasteiger partial charge on any atom is -0.334 e. The van der Waals surface area contributed by atoms with E-state index in [0.717, 1.165) is 0 Å². The van der Waals surface area contributed by atoms with Gasteiger partial charge >= 0.3 is 5.69 Å². The van der Waals surface area contributed by atoms with E-state index in [-0.39, 0.29) is 22.2 Å². The molecule has 3 rings (SSSR count). The van der Waals surface area contributed by atoms with Crippen molar-refractivity contribution in [1.29, 1.82) is 0 Å². The number of nitrogens with zero attached hydrogens (tertiary/aromatic N) is 5. The van der Waals surface area contributed by atoms with Crippen LogP contribution in [0.15, 0.2) is 30.7 Å². The lowest BCUT2D eigenvalue weighted by atomic mass is 10.2. The number of aryl methyl sites for hydroxylation is 1. The zero-order valence-electron chi connectivity index (χ0n) is 11.3. The van der Waals surface area contributed by atoms with E-state index >= 15 is 0 Å². The van der Waals surface area contributed by atoms with Crippen LogP contribution < -0.4 is 5.32 Å². The maximum absolute atomic E-state index is 11.4. The molecule has 9 heteroatoms. The summed E-state index contributed by atoms with van der Waals surface area (Å²) in [6.45, 7) is 1.77. The van der Waals surface area contributed by atoms with Crippen molar-refractivity contribution in [3.8, 4) is 0 Å². The number of nitro groups is 1. The summed E-state index contributed by atoms with van der Waals surface area (Å²) < 4.78 is 0. The summed E-state index contributed by atoms with van der Waals surface area (Å²) in [5.41, 5.74) is 1.45. The molecule has 0 saturated heterocycles. The zero-order chi connectivity index (χ0) is 15.7. The topological polar surface area (TPSA) is 107 Å². The van der Waals surface area contributed by atoms with Crippen molar-refractivity contribution in [2.75, 3.05) is 5.32 Å². The van der Waals surface area contributed by atoms with Crippen LogP contribution in [0.3, 0.4) is 0 Å². The summed E-state index contributed by atoms with van der Waals surface area (Å²) >= 11 is 5.76. The van der Waals surface area contributed by atoms with Crippen molar-refractivity contribution < 1.29 is 4.92 Å². The molecule has 0 radical (unpaired) electrons. The number of fused-ring (bicyclic) bond motifs is 1. The lowest BCUT2D eigenvalue weighted by Crippen LogP contribution is -2.02. The van der Waals surface area contributed by atoms with E-state index in [1.54, 1.807) is 19.1 Å². The Labute approximate surface area is 129 Å². The smallest absolute Gasteiger partial charge is 0.320 e. The molecule has 0 atom stereocenters. The van der Waals surface area contributed by atoms with Crippen LogP contribution in [0, 0.1) is 17.0 Å². The average Bonchev–Trinajstić information content (AvgIpc) is 2.50. The Bertz CT molecular complexity index is 886. The first-order valence-corrected chi connectivity index (χ1v) is 6.58. The minimum atomic E-state index is -0.503. The van der Waals surface area contributed by atoms with Crippen molar-refractivity contribution in [3.05, 3.63) is 51.7 Å². The number of halogens is 1. The SMILES string of the molecule is Cc1cnc(Cl)nc1Nc1ccc2nccnc2c1[N+](=O)[O-]. The zero-order valence-corrected chi connectivity index (χ0v) is 12.1. The lowest BCUT2D eigenvalue weighted by molar-refractivity contribution is -0.382. The van der Waals surface area contributed by atoms with Crippen molar-refractivity contribution in [2.24, 2.45) is 0 Å². The Kier molecular flexibility index (Phi) is 3.51. The van der Waals surface area contributed by atoms with Crippen LogP contribution in [0.25, 0.3) is 11.0 Å². The van der Waals surface area contributed by atoms with Gasteiger partial charge in [0.2, 0.25) is 5.28 Å². The van der Waals surface area contributed by atoms with E-state index in [2.05, 4.69) is 25.3 Å². The van der Waals surface area contributed by atoms with Gasteiger partial charge in [0.15, 0.2) is 5.52 Å². The minimum absolute atomic E-state index is 0.0522. The fourth-order valence-electron chi connectivity index (χ4n) is 1.98. The molecular formula is C13H9ClN6O2. The normalized spacial score (nSPS) is 10.6. The van der Waals surface area contributed by atoms with E-state index in [1.807, 2.05) is 0 Å². The van der Waals surface area contributed by atoms with Crippen LogP contribution >= 0.6 is 11.6 Å². The molecule has 2 heterocycles. The van der Waals surface area contributed by atoms with E-state index in [1.165, 1.54) is 18.6 Å². The molecule has 0 fully saturated rings. The van der Waals surface area contributed by atoms with Gasteiger partial charge in [-0.15, -0.1) is 0 Å².